The summed E-state index contributed by atoms with van der Waals surface area (Å²) in [6.07, 6.45) is 1.56. The van der Waals surface area contributed by atoms with Crippen LogP contribution in [0.25, 0.3) is 11.2 Å². The van der Waals surface area contributed by atoms with E-state index in [2.05, 4.69) is 14.7 Å². The fourth-order valence-corrected chi connectivity index (χ4v) is 3.20. The van der Waals surface area contributed by atoms with Gasteiger partial charge in [-0.05, 0) is 24.3 Å². The molecule has 0 saturated heterocycles. The van der Waals surface area contributed by atoms with Gasteiger partial charge in [-0.15, -0.1) is 0 Å². The Morgan fingerprint density at radius 2 is 2.13 bits per heavy atom. The summed E-state index contributed by atoms with van der Waals surface area (Å²) < 4.78 is 45.4. The lowest BCUT2D eigenvalue weighted by Crippen LogP contribution is -2.25. The van der Waals surface area contributed by atoms with E-state index in [4.69, 9.17) is 16.0 Å². The van der Waals surface area contributed by atoms with Gasteiger partial charge >= 0.3 is 0 Å². The van der Waals surface area contributed by atoms with Crippen molar-refractivity contribution in [1.29, 1.82) is 0 Å². The van der Waals surface area contributed by atoms with Crippen LogP contribution in [0.5, 0.6) is 0 Å². The molecule has 1 N–H and O–H groups in total. The largest absolute Gasteiger partial charge is 0.437 e. The van der Waals surface area contributed by atoms with Crippen LogP contribution in [-0.4, -0.2) is 18.4 Å². The lowest BCUT2D eigenvalue weighted by molar-refractivity contribution is 0.513. The van der Waals surface area contributed by atoms with Gasteiger partial charge in [0.25, 0.3) is 0 Å². The Balaban J connectivity index is 1.71. The van der Waals surface area contributed by atoms with Crippen LogP contribution in [0.2, 0.25) is 5.02 Å². The van der Waals surface area contributed by atoms with Gasteiger partial charge in [0.2, 0.25) is 15.9 Å². The number of benzene rings is 1. The van der Waals surface area contributed by atoms with Crippen molar-refractivity contribution in [2.75, 3.05) is 0 Å². The van der Waals surface area contributed by atoms with Crippen LogP contribution in [0, 0.1) is 5.82 Å². The molecule has 0 saturated carbocycles. The van der Waals surface area contributed by atoms with E-state index in [0.29, 0.717) is 11.2 Å². The molecule has 0 spiro atoms. The molecule has 0 aliphatic heterocycles. The molecular formula is C14H11ClFN3O3S. The number of sulfonamides is 1. The summed E-state index contributed by atoms with van der Waals surface area (Å²) in [4.78, 5) is 8.05. The Morgan fingerprint density at radius 1 is 1.30 bits per heavy atom. The van der Waals surface area contributed by atoms with E-state index in [1.807, 2.05) is 0 Å². The number of halogens is 2. The Bertz CT molecular complexity index is 926. The first kappa shape index (κ1) is 15.9. The second-order valence-electron chi connectivity index (χ2n) is 4.75. The fraction of sp³-hybridized carbons (Fsp3) is 0.143. The van der Waals surface area contributed by atoms with Gasteiger partial charge in [-0.1, -0.05) is 17.7 Å². The first-order valence-electron chi connectivity index (χ1n) is 6.55. The molecule has 3 rings (SSSR count). The van der Waals surface area contributed by atoms with E-state index in [-0.39, 0.29) is 23.0 Å². The number of fused-ring (bicyclic) bond motifs is 1. The molecule has 0 unspecified atom stereocenters. The summed E-state index contributed by atoms with van der Waals surface area (Å²) in [6, 6.07) is 7.20. The summed E-state index contributed by atoms with van der Waals surface area (Å²) in [5.74, 6) is -0.998. The van der Waals surface area contributed by atoms with Crippen LogP contribution < -0.4 is 4.72 Å². The lowest BCUT2D eigenvalue weighted by atomic mass is 10.2. The molecule has 0 bridgehead atoms. The molecule has 0 radical (unpaired) electrons. The van der Waals surface area contributed by atoms with E-state index >= 15 is 0 Å². The van der Waals surface area contributed by atoms with Crippen molar-refractivity contribution in [3.8, 4) is 0 Å². The molecule has 6 nitrogen and oxygen atoms in total. The number of rotatable bonds is 5. The third-order valence-corrected chi connectivity index (χ3v) is 4.52. The molecule has 0 aliphatic carbocycles. The molecule has 9 heteroatoms. The average Bonchev–Trinajstić information content (AvgIpc) is 2.91. The highest BCUT2D eigenvalue weighted by atomic mass is 35.5. The first-order chi connectivity index (χ1) is 10.9. The van der Waals surface area contributed by atoms with Crippen molar-refractivity contribution in [2.45, 2.75) is 12.3 Å². The molecular weight excluding hydrogens is 345 g/mol. The van der Waals surface area contributed by atoms with Gasteiger partial charge in [-0.3, -0.25) is 0 Å². The maximum Gasteiger partial charge on any atom is 0.216 e. The van der Waals surface area contributed by atoms with Crippen LogP contribution in [-0.2, 0) is 22.3 Å². The van der Waals surface area contributed by atoms with E-state index in [0.717, 1.165) is 6.07 Å². The van der Waals surface area contributed by atoms with E-state index in [9.17, 15) is 12.8 Å². The van der Waals surface area contributed by atoms with Gasteiger partial charge in [-0.25, -0.2) is 22.5 Å². The zero-order valence-electron chi connectivity index (χ0n) is 11.7. The van der Waals surface area contributed by atoms with Crippen LogP contribution in [0.3, 0.4) is 0 Å². The number of nitrogens with one attached hydrogen (secondary N) is 1. The maximum absolute atomic E-state index is 13.7. The molecule has 2 aromatic heterocycles. The molecule has 23 heavy (non-hydrogen) atoms. The van der Waals surface area contributed by atoms with Crippen LogP contribution >= 0.6 is 11.6 Å². The second kappa shape index (κ2) is 6.23. The number of oxazole rings is 1. The van der Waals surface area contributed by atoms with Gasteiger partial charge in [0.15, 0.2) is 11.2 Å². The number of nitrogens with zero attached hydrogens (tertiary/aromatic N) is 2. The maximum atomic E-state index is 13.7. The predicted octanol–water partition coefficient (Wildman–Crippen LogP) is 2.63. The molecule has 3 aromatic rings. The zero-order valence-corrected chi connectivity index (χ0v) is 13.2. The molecule has 0 aliphatic rings. The molecule has 0 fully saturated rings. The van der Waals surface area contributed by atoms with Gasteiger partial charge in [0.05, 0.1) is 12.3 Å². The smallest absolute Gasteiger partial charge is 0.216 e. The van der Waals surface area contributed by atoms with Gasteiger partial charge in [0.1, 0.15) is 5.82 Å². The number of hydrogen-bond acceptors (Lipinski definition) is 5. The van der Waals surface area contributed by atoms with Crippen LogP contribution in [0.1, 0.15) is 11.5 Å². The summed E-state index contributed by atoms with van der Waals surface area (Å²) >= 11 is 5.64. The van der Waals surface area contributed by atoms with Crippen molar-refractivity contribution in [3.05, 3.63) is 58.8 Å². The Labute approximate surface area is 136 Å². The minimum absolute atomic E-state index is 0.0288. The van der Waals surface area contributed by atoms with Crippen LogP contribution in [0.4, 0.5) is 4.39 Å². The SMILES string of the molecule is O=S(=O)(Cc1ccc(Cl)cc1F)NCc1nc2ncccc2o1. The zero-order chi connectivity index (χ0) is 16.4. The highest BCUT2D eigenvalue weighted by Gasteiger charge is 2.16. The molecule has 120 valence electrons. The third kappa shape index (κ3) is 3.84. The Kier molecular flexibility index (Phi) is 4.29. The second-order valence-corrected chi connectivity index (χ2v) is 6.99. The molecule has 0 atom stereocenters. The molecule has 0 amide bonds. The minimum Gasteiger partial charge on any atom is -0.437 e. The summed E-state index contributed by atoms with van der Waals surface area (Å²) in [5.41, 5.74) is 0.886. The van der Waals surface area contributed by atoms with E-state index in [1.165, 1.54) is 12.1 Å². The fourth-order valence-electron chi connectivity index (χ4n) is 1.96. The van der Waals surface area contributed by atoms with Crippen molar-refractivity contribution in [3.63, 3.8) is 0 Å². The quantitative estimate of drug-likeness (QED) is 0.760. The van der Waals surface area contributed by atoms with Crippen molar-refractivity contribution >= 4 is 32.9 Å². The van der Waals surface area contributed by atoms with Gasteiger partial charge < -0.3 is 4.42 Å². The van der Waals surface area contributed by atoms with E-state index in [1.54, 1.807) is 18.3 Å². The van der Waals surface area contributed by atoms with Gasteiger partial charge in [0, 0.05) is 16.8 Å². The Hall–Kier alpha value is -2.03. The minimum atomic E-state index is -3.76. The lowest BCUT2D eigenvalue weighted by Gasteiger charge is -2.06. The first-order valence-corrected chi connectivity index (χ1v) is 8.58. The normalized spacial score (nSPS) is 11.9. The summed E-state index contributed by atoms with van der Waals surface area (Å²) in [5, 5.41) is 0.204. The monoisotopic (exact) mass is 355 g/mol. The number of hydrogen-bond donors (Lipinski definition) is 1. The highest BCUT2D eigenvalue weighted by molar-refractivity contribution is 7.88. The number of aromatic nitrogens is 2. The van der Waals surface area contributed by atoms with Crippen molar-refractivity contribution < 1.29 is 17.2 Å². The topological polar surface area (TPSA) is 85.1 Å². The standard InChI is InChI=1S/C14H11ClFN3O3S/c15-10-4-3-9(11(16)6-10)8-23(20,21)18-7-13-19-14-12(22-13)2-1-5-17-14/h1-6,18H,7-8H2. The number of pyridine rings is 1. The van der Waals surface area contributed by atoms with Crippen LogP contribution in [0.15, 0.2) is 40.9 Å². The highest BCUT2D eigenvalue weighted by Crippen LogP contribution is 2.17. The summed E-state index contributed by atoms with van der Waals surface area (Å²) in [7, 11) is -3.76. The Morgan fingerprint density at radius 3 is 2.87 bits per heavy atom. The van der Waals surface area contributed by atoms with Crippen molar-refractivity contribution in [2.24, 2.45) is 0 Å². The summed E-state index contributed by atoms with van der Waals surface area (Å²) in [6.45, 7) is -0.145. The third-order valence-electron chi connectivity index (χ3n) is 3.01. The predicted molar refractivity (Wildman–Crippen MR) is 82.7 cm³/mol. The van der Waals surface area contributed by atoms with Gasteiger partial charge in [-0.2, -0.15) is 4.98 Å². The van der Waals surface area contributed by atoms with E-state index < -0.39 is 21.6 Å². The molecule has 1 aromatic carbocycles. The van der Waals surface area contributed by atoms with Crippen molar-refractivity contribution in [1.82, 2.24) is 14.7 Å². The average molecular weight is 356 g/mol. The molecule has 2 heterocycles.